The predicted octanol–water partition coefficient (Wildman–Crippen LogP) is 9.67. The Morgan fingerprint density at radius 3 is 1.89 bits per heavy atom. The van der Waals surface area contributed by atoms with Crippen LogP contribution in [0.3, 0.4) is 0 Å². The van der Waals surface area contributed by atoms with E-state index < -0.39 is 5.41 Å². The van der Waals surface area contributed by atoms with Crippen molar-refractivity contribution in [2.45, 2.75) is 31.6 Å². The maximum absolute atomic E-state index is 6.61. The molecule has 6 rings (SSSR count). The lowest BCUT2D eigenvalue weighted by molar-refractivity contribution is 0.590. The minimum Gasteiger partial charge on any atom is -0.0843 e. The molecule has 1 atom stereocenters. The van der Waals surface area contributed by atoms with Crippen LogP contribution in [0.4, 0.5) is 0 Å². The smallest absolute Gasteiger partial charge is 0.0714 e. The topological polar surface area (TPSA) is 0 Å². The quantitative estimate of drug-likeness (QED) is 0.234. The summed E-state index contributed by atoms with van der Waals surface area (Å²) in [5, 5.41) is 0.752. The standard InChI is InChI=1S/C35H29Cl/c1-34(2,3)25-21-19-24(20-22-25)29-16-10-18-32-33(29)30-15-7-8-17-31(30)35(32,26-11-5-4-6-12-26)27-13-9-14-28(36)23-27/h4-23H,1-3H3. The molecule has 0 fully saturated rings. The third-order valence-corrected chi connectivity index (χ3v) is 7.83. The van der Waals surface area contributed by atoms with Crippen molar-refractivity contribution in [2.75, 3.05) is 0 Å². The molecule has 36 heavy (non-hydrogen) atoms. The molecule has 176 valence electrons. The molecule has 5 aromatic rings. The molecule has 0 aromatic heterocycles. The number of hydrogen-bond donors (Lipinski definition) is 0. The van der Waals surface area contributed by atoms with Gasteiger partial charge in [0.15, 0.2) is 0 Å². The first-order valence-corrected chi connectivity index (χ1v) is 12.9. The largest absolute Gasteiger partial charge is 0.0843 e. The van der Waals surface area contributed by atoms with E-state index in [0.717, 1.165) is 5.02 Å². The third kappa shape index (κ3) is 3.44. The van der Waals surface area contributed by atoms with Gasteiger partial charge in [0.1, 0.15) is 0 Å². The van der Waals surface area contributed by atoms with Crippen LogP contribution in [0.2, 0.25) is 5.02 Å². The van der Waals surface area contributed by atoms with E-state index in [1.807, 2.05) is 6.07 Å². The first kappa shape index (κ1) is 22.8. The van der Waals surface area contributed by atoms with Gasteiger partial charge >= 0.3 is 0 Å². The van der Waals surface area contributed by atoms with E-state index in [1.54, 1.807) is 0 Å². The van der Waals surface area contributed by atoms with Gasteiger partial charge in [-0.05, 0) is 67.6 Å². The van der Waals surface area contributed by atoms with E-state index in [2.05, 4.69) is 136 Å². The second-order valence-corrected chi connectivity index (χ2v) is 11.2. The molecular weight excluding hydrogens is 456 g/mol. The Bertz CT molecular complexity index is 1560. The van der Waals surface area contributed by atoms with Crippen LogP contribution in [-0.4, -0.2) is 0 Å². The van der Waals surface area contributed by atoms with Gasteiger partial charge in [-0.3, -0.25) is 0 Å². The maximum Gasteiger partial charge on any atom is 0.0714 e. The molecule has 0 saturated carbocycles. The first-order valence-electron chi connectivity index (χ1n) is 12.6. The summed E-state index contributed by atoms with van der Waals surface area (Å²) in [5.41, 5.74) is 11.2. The van der Waals surface area contributed by atoms with Gasteiger partial charge in [0.25, 0.3) is 0 Å². The molecule has 1 aliphatic rings. The van der Waals surface area contributed by atoms with E-state index >= 15 is 0 Å². The van der Waals surface area contributed by atoms with Crippen LogP contribution in [0.15, 0.2) is 121 Å². The lowest BCUT2D eigenvalue weighted by Crippen LogP contribution is -2.28. The Morgan fingerprint density at radius 2 is 1.17 bits per heavy atom. The molecular formula is C35H29Cl. The Morgan fingerprint density at radius 1 is 0.556 bits per heavy atom. The van der Waals surface area contributed by atoms with E-state index in [0.29, 0.717) is 0 Å². The van der Waals surface area contributed by atoms with Gasteiger partial charge in [-0.15, -0.1) is 0 Å². The summed E-state index contributed by atoms with van der Waals surface area (Å²) in [5.74, 6) is 0. The highest BCUT2D eigenvalue weighted by atomic mass is 35.5. The fraction of sp³-hybridized carbons (Fsp3) is 0.143. The zero-order valence-corrected chi connectivity index (χ0v) is 21.7. The highest BCUT2D eigenvalue weighted by Gasteiger charge is 2.46. The molecule has 0 nitrogen and oxygen atoms in total. The molecule has 0 bridgehead atoms. The van der Waals surface area contributed by atoms with Crippen LogP contribution in [0.5, 0.6) is 0 Å². The van der Waals surface area contributed by atoms with Crippen molar-refractivity contribution < 1.29 is 0 Å². The van der Waals surface area contributed by atoms with Crippen molar-refractivity contribution >= 4 is 11.6 Å². The average molecular weight is 485 g/mol. The third-order valence-electron chi connectivity index (χ3n) is 7.60. The van der Waals surface area contributed by atoms with Crippen LogP contribution in [0, 0.1) is 0 Å². The zero-order valence-electron chi connectivity index (χ0n) is 20.9. The highest BCUT2D eigenvalue weighted by molar-refractivity contribution is 6.30. The van der Waals surface area contributed by atoms with Crippen LogP contribution in [0.1, 0.15) is 48.6 Å². The molecule has 1 unspecified atom stereocenters. The molecule has 0 amide bonds. The van der Waals surface area contributed by atoms with Gasteiger partial charge < -0.3 is 0 Å². The second-order valence-electron chi connectivity index (χ2n) is 10.7. The van der Waals surface area contributed by atoms with Crippen LogP contribution in [-0.2, 0) is 10.8 Å². The molecule has 0 spiro atoms. The Kier molecular flexibility index (Phi) is 5.39. The maximum atomic E-state index is 6.61. The minimum atomic E-state index is -0.445. The van der Waals surface area contributed by atoms with Crippen molar-refractivity contribution in [2.24, 2.45) is 0 Å². The Labute approximate surface area is 219 Å². The van der Waals surface area contributed by atoms with Crippen molar-refractivity contribution in [3.05, 3.63) is 154 Å². The molecule has 0 heterocycles. The van der Waals surface area contributed by atoms with Crippen molar-refractivity contribution in [1.82, 2.24) is 0 Å². The van der Waals surface area contributed by atoms with Gasteiger partial charge in [-0.1, -0.05) is 142 Å². The summed E-state index contributed by atoms with van der Waals surface area (Å²) < 4.78 is 0. The lowest BCUT2D eigenvalue weighted by Gasteiger charge is -2.34. The van der Waals surface area contributed by atoms with Crippen molar-refractivity contribution in [3.63, 3.8) is 0 Å². The van der Waals surface area contributed by atoms with E-state index in [-0.39, 0.29) is 5.41 Å². The predicted molar refractivity (Wildman–Crippen MR) is 153 cm³/mol. The van der Waals surface area contributed by atoms with Crippen LogP contribution in [0.25, 0.3) is 22.3 Å². The summed E-state index contributed by atoms with van der Waals surface area (Å²) in [6.45, 7) is 6.78. The van der Waals surface area contributed by atoms with E-state index in [4.69, 9.17) is 11.6 Å². The molecule has 0 radical (unpaired) electrons. The Hall–Kier alpha value is -3.61. The fourth-order valence-electron chi connectivity index (χ4n) is 5.92. The van der Waals surface area contributed by atoms with Crippen molar-refractivity contribution in [1.29, 1.82) is 0 Å². The fourth-order valence-corrected chi connectivity index (χ4v) is 6.11. The zero-order chi connectivity index (χ0) is 24.9. The van der Waals surface area contributed by atoms with Gasteiger partial charge in [0, 0.05) is 5.02 Å². The number of benzene rings is 5. The monoisotopic (exact) mass is 484 g/mol. The normalized spacial score (nSPS) is 16.4. The summed E-state index contributed by atoms with van der Waals surface area (Å²) in [7, 11) is 0. The number of fused-ring (bicyclic) bond motifs is 3. The molecule has 1 heteroatoms. The van der Waals surface area contributed by atoms with E-state index in [1.165, 1.54) is 50.1 Å². The summed E-state index contributed by atoms with van der Waals surface area (Å²) in [4.78, 5) is 0. The second kappa shape index (κ2) is 8.50. The van der Waals surface area contributed by atoms with E-state index in [9.17, 15) is 0 Å². The molecule has 0 aliphatic heterocycles. The Balaban J connectivity index is 1.70. The molecule has 0 saturated heterocycles. The van der Waals surface area contributed by atoms with Crippen molar-refractivity contribution in [3.8, 4) is 22.3 Å². The number of hydrogen-bond acceptors (Lipinski definition) is 0. The van der Waals surface area contributed by atoms with Crippen LogP contribution >= 0.6 is 11.6 Å². The van der Waals surface area contributed by atoms with Gasteiger partial charge in [-0.25, -0.2) is 0 Å². The molecule has 1 aliphatic carbocycles. The molecule has 5 aromatic carbocycles. The SMILES string of the molecule is CC(C)(C)c1ccc(-c2cccc3c2-c2ccccc2C3(c2ccccc2)c2cccc(Cl)c2)cc1. The average Bonchev–Trinajstić information content (AvgIpc) is 3.20. The highest BCUT2D eigenvalue weighted by Crippen LogP contribution is 2.58. The lowest BCUT2D eigenvalue weighted by atomic mass is 9.67. The summed E-state index contributed by atoms with van der Waals surface area (Å²) >= 11 is 6.61. The first-order chi connectivity index (χ1) is 17.4. The minimum absolute atomic E-state index is 0.124. The van der Waals surface area contributed by atoms with Gasteiger partial charge in [-0.2, -0.15) is 0 Å². The van der Waals surface area contributed by atoms with Gasteiger partial charge in [0.2, 0.25) is 0 Å². The summed E-state index contributed by atoms with van der Waals surface area (Å²) in [6, 6.07) is 44.0. The van der Waals surface area contributed by atoms with Gasteiger partial charge in [0.05, 0.1) is 5.41 Å². The number of halogens is 1. The van der Waals surface area contributed by atoms with Crippen LogP contribution < -0.4 is 0 Å². The number of rotatable bonds is 3. The summed E-state index contributed by atoms with van der Waals surface area (Å²) in [6.07, 6.45) is 0. The molecule has 0 N–H and O–H groups in total.